The minimum atomic E-state index is -4.70. The van der Waals surface area contributed by atoms with Crippen molar-refractivity contribution in [1.29, 1.82) is 0 Å². The average Bonchev–Trinajstić information content (AvgIpc) is 3.08. The first kappa shape index (κ1) is 20.9. The lowest BCUT2D eigenvalue weighted by Gasteiger charge is -2.17. The van der Waals surface area contributed by atoms with Gasteiger partial charge in [-0.1, -0.05) is 6.92 Å². The van der Waals surface area contributed by atoms with Gasteiger partial charge in [0, 0.05) is 10.6 Å². The van der Waals surface area contributed by atoms with Gasteiger partial charge >= 0.3 is 6.36 Å². The highest BCUT2D eigenvalue weighted by Gasteiger charge is 2.31. The highest BCUT2D eigenvalue weighted by molar-refractivity contribution is 7.99. The van der Waals surface area contributed by atoms with Crippen LogP contribution in [0.25, 0.3) is 0 Å². The zero-order valence-corrected chi connectivity index (χ0v) is 16.6. The molecule has 7 heteroatoms. The molecule has 1 fully saturated rings. The fourth-order valence-corrected chi connectivity index (χ4v) is 4.12. The Hall–Kier alpha value is -1.86. The van der Waals surface area contributed by atoms with Crippen molar-refractivity contribution in [3.05, 3.63) is 48.5 Å². The van der Waals surface area contributed by atoms with Gasteiger partial charge in [0.25, 0.3) is 0 Å². The number of hydrogen-bond donors (Lipinski definition) is 0. The van der Waals surface area contributed by atoms with Gasteiger partial charge in [0.1, 0.15) is 17.2 Å². The molecule has 0 N–H and O–H groups in total. The summed E-state index contributed by atoms with van der Waals surface area (Å²) in [5.74, 6) is 3.03. The van der Waals surface area contributed by atoms with Crippen LogP contribution in [0.2, 0.25) is 0 Å². The molecule has 3 rings (SSSR count). The first-order valence-corrected chi connectivity index (χ1v) is 10.1. The Balaban J connectivity index is 1.49. The molecule has 152 valence electrons. The maximum absolute atomic E-state index is 12.2. The summed E-state index contributed by atoms with van der Waals surface area (Å²) in [5, 5.41) is 0. The van der Waals surface area contributed by atoms with Crippen LogP contribution >= 0.6 is 11.8 Å². The monoisotopic (exact) mass is 412 g/mol. The molecular weight excluding hydrogens is 389 g/mol. The van der Waals surface area contributed by atoms with Crippen molar-refractivity contribution in [3.63, 3.8) is 0 Å². The summed E-state index contributed by atoms with van der Waals surface area (Å²) >= 11 is 1.80. The minimum absolute atomic E-state index is 0.275. The van der Waals surface area contributed by atoms with Crippen LogP contribution in [-0.2, 0) is 4.74 Å². The second-order valence-electron chi connectivity index (χ2n) is 7.02. The summed E-state index contributed by atoms with van der Waals surface area (Å²) in [5.41, 5.74) is 0. The highest BCUT2D eigenvalue weighted by Crippen LogP contribution is 2.32. The van der Waals surface area contributed by atoms with E-state index in [-0.39, 0.29) is 5.75 Å². The summed E-state index contributed by atoms with van der Waals surface area (Å²) in [6.07, 6.45) is -3.21. The van der Waals surface area contributed by atoms with Crippen LogP contribution in [0.3, 0.4) is 0 Å². The van der Waals surface area contributed by atoms with Gasteiger partial charge in [-0.25, -0.2) is 0 Å². The topological polar surface area (TPSA) is 27.7 Å². The van der Waals surface area contributed by atoms with Gasteiger partial charge in [-0.2, -0.15) is 0 Å². The summed E-state index contributed by atoms with van der Waals surface area (Å²) in [7, 11) is 0. The molecule has 0 spiro atoms. The van der Waals surface area contributed by atoms with Gasteiger partial charge in [0.05, 0.1) is 12.7 Å². The lowest BCUT2D eigenvalue weighted by Crippen LogP contribution is -2.16. The molecule has 0 radical (unpaired) electrons. The van der Waals surface area contributed by atoms with Crippen LogP contribution in [0.1, 0.15) is 20.3 Å². The van der Waals surface area contributed by atoms with Gasteiger partial charge in [-0.05, 0) is 73.7 Å². The third-order valence-electron chi connectivity index (χ3n) is 4.66. The maximum atomic E-state index is 12.2. The molecule has 2 aromatic rings. The van der Waals surface area contributed by atoms with E-state index in [4.69, 9.17) is 9.47 Å². The molecule has 1 heterocycles. The van der Waals surface area contributed by atoms with Crippen LogP contribution in [0, 0.1) is 11.8 Å². The largest absolute Gasteiger partial charge is 0.573 e. The van der Waals surface area contributed by atoms with Crippen molar-refractivity contribution in [2.45, 2.75) is 37.6 Å². The molecule has 0 aromatic heterocycles. The number of hydrogen-bond acceptors (Lipinski definition) is 4. The lowest BCUT2D eigenvalue weighted by atomic mass is 9.93. The first-order valence-electron chi connectivity index (χ1n) is 9.16. The summed E-state index contributed by atoms with van der Waals surface area (Å²) in [6, 6.07) is 13.0. The molecule has 3 nitrogen and oxygen atoms in total. The maximum Gasteiger partial charge on any atom is 0.573 e. The predicted octanol–water partition coefficient (Wildman–Crippen LogP) is 6.53. The Kier molecular flexibility index (Phi) is 6.78. The quantitative estimate of drug-likeness (QED) is 0.483. The number of halogens is 3. The first-order chi connectivity index (χ1) is 13.3. The lowest BCUT2D eigenvalue weighted by molar-refractivity contribution is -0.274. The molecule has 1 aliphatic heterocycles. The zero-order valence-electron chi connectivity index (χ0n) is 15.7. The van der Waals surface area contributed by atoms with E-state index in [1.165, 1.54) is 24.3 Å². The predicted molar refractivity (Wildman–Crippen MR) is 103 cm³/mol. The van der Waals surface area contributed by atoms with E-state index >= 15 is 0 Å². The number of rotatable bonds is 7. The third kappa shape index (κ3) is 6.34. The van der Waals surface area contributed by atoms with Crippen molar-refractivity contribution < 1.29 is 27.4 Å². The normalized spacial score (nSPS) is 20.8. The van der Waals surface area contributed by atoms with Crippen molar-refractivity contribution in [3.8, 4) is 17.2 Å². The third-order valence-corrected chi connectivity index (χ3v) is 5.96. The molecule has 0 bridgehead atoms. The Morgan fingerprint density at radius 1 is 1.04 bits per heavy atom. The van der Waals surface area contributed by atoms with Gasteiger partial charge in [0.15, 0.2) is 0 Å². The molecule has 3 atom stereocenters. The van der Waals surface area contributed by atoms with E-state index in [9.17, 15) is 13.2 Å². The van der Waals surface area contributed by atoms with Crippen LogP contribution in [0.15, 0.2) is 53.4 Å². The minimum Gasteiger partial charge on any atom is -0.457 e. The molecule has 2 aromatic carbocycles. The number of thioether (sulfide) groups is 1. The van der Waals surface area contributed by atoms with Crippen LogP contribution in [-0.4, -0.2) is 24.8 Å². The zero-order chi connectivity index (χ0) is 20.1. The van der Waals surface area contributed by atoms with Crippen molar-refractivity contribution in [1.82, 2.24) is 0 Å². The van der Waals surface area contributed by atoms with E-state index in [1.54, 1.807) is 11.8 Å². The molecule has 0 amide bonds. The highest BCUT2D eigenvalue weighted by atomic mass is 32.2. The van der Waals surface area contributed by atoms with Crippen molar-refractivity contribution in [2.24, 2.45) is 11.8 Å². The average molecular weight is 412 g/mol. The van der Waals surface area contributed by atoms with E-state index in [1.807, 2.05) is 24.3 Å². The Morgan fingerprint density at radius 3 is 2.14 bits per heavy atom. The van der Waals surface area contributed by atoms with Crippen LogP contribution in [0.5, 0.6) is 17.2 Å². The Morgan fingerprint density at radius 2 is 1.61 bits per heavy atom. The molecular formula is C21H23F3O3S. The van der Waals surface area contributed by atoms with Gasteiger partial charge in [-0.15, -0.1) is 24.9 Å². The smallest absolute Gasteiger partial charge is 0.457 e. The van der Waals surface area contributed by atoms with Crippen molar-refractivity contribution in [2.75, 3.05) is 12.4 Å². The molecule has 0 aliphatic carbocycles. The SMILES string of the molecule is CC1CC(C(C)CSc2ccc(Oc3ccc(OC(F)(F)F)cc3)cc2)CO1. The summed E-state index contributed by atoms with van der Waals surface area (Å²) in [6.45, 7) is 5.24. The second-order valence-corrected chi connectivity index (χ2v) is 8.11. The van der Waals surface area contributed by atoms with E-state index in [2.05, 4.69) is 18.6 Å². The fraction of sp³-hybridized carbons (Fsp3) is 0.429. The molecule has 1 aliphatic rings. The van der Waals surface area contributed by atoms with E-state index in [0.717, 1.165) is 23.7 Å². The number of benzene rings is 2. The van der Waals surface area contributed by atoms with Gasteiger partial charge in [-0.3, -0.25) is 0 Å². The van der Waals surface area contributed by atoms with Crippen LogP contribution in [0.4, 0.5) is 13.2 Å². The summed E-state index contributed by atoms with van der Waals surface area (Å²) < 4.78 is 51.7. The Labute approximate surface area is 167 Å². The van der Waals surface area contributed by atoms with E-state index in [0.29, 0.717) is 29.4 Å². The molecule has 3 unspecified atom stereocenters. The number of ether oxygens (including phenoxy) is 3. The Bertz CT molecular complexity index is 747. The van der Waals surface area contributed by atoms with Crippen LogP contribution < -0.4 is 9.47 Å². The molecule has 0 saturated carbocycles. The molecule has 1 saturated heterocycles. The standard InChI is InChI=1S/C21H23F3O3S/c1-14(16-11-15(2)25-12-16)13-28-20-9-7-18(8-10-20)26-17-3-5-19(6-4-17)27-21(22,23)24/h3-10,14-16H,11-13H2,1-2H3. The van der Waals surface area contributed by atoms with Gasteiger partial charge in [0.2, 0.25) is 0 Å². The number of alkyl halides is 3. The molecule has 28 heavy (non-hydrogen) atoms. The summed E-state index contributed by atoms with van der Waals surface area (Å²) in [4.78, 5) is 1.15. The van der Waals surface area contributed by atoms with E-state index < -0.39 is 6.36 Å². The van der Waals surface area contributed by atoms with Gasteiger partial charge < -0.3 is 14.2 Å². The fourth-order valence-electron chi connectivity index (χ4n) is 3.06. The van der Waals surface area contributed by atoms with Crippen molar-refractivity contribution >= 4 is 11.8 Å². The second kappa shape index (κ2) is 9.09.